The van der Waals surface area contributed by atoms with Gasteiger partial charge in [-0.3, -0.25) is 4.57 Å². The molecule has 5 heteroatoms. The minimum Gasteiger partial charge on any atom is -0.310 e. The highest BCUT2D eigenvalue weighted by molar-refractivity contribution is 5.87. The van der Waals surface area contributed by atoms with E-state index in [0.29, 0.717) is 6.54 Å². The number of hydrazone groups is 1. The quantitative estimate of drug-likeness (QED) is 0.616. The zero-order valence-electron chi connectivity index (χ0n) is 10.0. The summed E-state index contributed by atoms with van der Waals surface area (Å²) in [6.07, 6.45) is 1.75. The third-order valence-corrected chi connectivity index (χ3v) is 2.58. The van der Waals surface area contributed by atoms with Crippen molar-refractivity contribution in [3.05, 3.63) is 34.2 Å². The van der Waals surface area contributed by atoms with Crippen molar-refractivity contribution in [2.24, 2.45) is 5.10 Å². The second kappa shape index (κ2) is 4.86. The molecule has 2 rings (SSSR count). The number of fused-ring (bicyclic) bond motifs is 1. The van der Waals surface area contributed by atoms with Crippen LogP contribution in [0.5, 0.6) is 0 Å². The Labute approximate surface area is 99.2 Å². The number of aromatic nitrogens is 2. The molecule has 5 nitrogen and oxygen atoms in total. The average Bonchev–Trinajstić information content (AvgIpc) is 2.64. The number of H-pyrrole nitrogens is 1. The lowest BCUT2D eigenvalue weighted by Gasteiger charge is -1.99. The number of benzene rings is 1. The molecule has 2 N–H and O–H groups in total. The van der Waals surface area contributed by atoms with E-state index in [1.807, 2.05) is 32.0 Å². The monoisotopic (exact) mass is 232 g/mol. The first kappa shape index (κ1) is 11.4. The fourth-order valence-corrected chi connectivity index (χ4v) is 1.78. The Bertz CT molecular complexity index is 594. The highest BCUT2D eigenvalue weighted by atomic mass is 16.1. The summed E-state index contributed by atoms with van der Waals surface area (Å²) in [5, 5.41) is 4.06. The Morgan fingerprint density at radius 2 is 2.29 bits per heavy atom. The predicted molar refractivity (Wildman–Crippen MR) is 69.5 cm³/mol. The van der Waals surface area contributed by atoms with Crippen molar-refractivity contribution in [1.82, 2.24) is 15.0 Å². The molecule has 1 heterocycles. The fourth-order valence-electron chi connectivity index (χ4n) is 1.78. The van der Waals surface area contributed by atoms with Crippen molar-refractivity contribution >= 4 is 17.2 Å². The zero-order valence-corrected chi connectivity index (χ0v) is 10.0. The van der Waals surface area contributed by atoms with E-state index in [1.165, 1.54) is 0 Å². The molecular weight excluding hydrogens is 216 g/mol. The third-order valence-electron chi connectivity index (χ3n) is 2.58. The minimum atomic E-state index is -0.0664. The number of rotatable bonds is 4. The Morgan fingerprint density at radius 3 is 3.00 bits per heavy atom. The van der Waals surface area contributed by atoms with Gasteiger partial charge < -0.3 is 10.4 Å². The number of nitrogens with one attached hydrogen (secondary N) is 2. The van der Waals surface area contributed by atoms with Crippen LogP contribution in [0, 0.1) is 0 Å². The van der Waals surface area contributed by atoms with Gasteiger partial charge in [-0.2, -0.15) is 5.10 Å². The number of imidazole rings is 1. The Kier molecular flexibility index (Phi) is 3.27. The summed E-state index contributed by atoms with van der Waals surface area (Å²) in [5.41, 5.74) is 5.55. The van der Waals surface area contributed by atoms with Crippen molar-refractivity contribution in [2.75, 3.05) is 6.54 Å². The minimum absolute atomic E-state index is 0.0664. The third kappa shape index (κ3) is 2.22. The lowest BCUT2D eigenvalue weighted by atomic mass is 10.2. The summed E-state index contributed by atoms with van der Waals surface area (Å²) in [7, 11) is 0. The topological polar surface area (TPSA) is 62.2 Å². The van der Waals surface area contributed by atoms with E-state index in [2.05, 4.69) is 15.5 Å². The van der Waals surface area contributed by atoms with E-state index in [-0.39, 0.29) is 5.69 Å². The van der Waals surface area contributed by atoms with Gasteiger partial charge in [0.1, 0.15) is 0 Å². The highest BCUT2D eigenvalue weighted by Crippen LogP contribution is 2.11. The molecule has 0 amide bonds. The van der Waals surface area contributed by atoms with Crippen molar-refractivity contribution < 1.29 is 0 Å². The standard InChI is InChI=1S/C12H16N4O/c1-3-13-14-8-9-5-6-10-11(7-9)16(4-2)12(17)15-10/h5-8,13H,3-4H2,1-2H3,(H,15,17)/b14-8+. The Hall–Kier alpha value is -2.04. The van der Waals surface area contributed by atoms with Crippen molar-refractivity contribution in [1.29, 1.82) is 0 Å². The molecule has 0 saturated heterocycles. The van der Waals surface area contributed by atoms with Crippen LogP contribution in [0.1, 0.15) is 19.4 Å². The molecule has 1 aromatic carbocycles. The molecule has 0 aliphatic heterocycles. The van der Waals surface area contributed by atoms with Gasteiger partial charge in [-0.15, -0.1) is 0 Å². The second-order valence-electron chi connectivity index (χ2n) is 3.72. The molecule has 0 fully saturated rings. The van der Waals surface area contributed by atoms with Gasteiger partial charge >= 0.3 is 5.69 Å². The van der Waals surface area contributed by atoms with Gasteiger partial charge in [0.05, 0.1) is 17.2 Å². The van der Waals surface area contributed by atoms with Crippen LogP contribution >= 0.6 is 0 Å². The maximum absolute atomic E-state index is 11.6. The van der Waals surface area contributed by atoms with E-state index in [1.54, 1.807) is 10.8 Å². The average molecular weight is 232 g/mol. The van der Waals surface area contributed by atoms with Gasteiger partial charge in [0, 0.05) is 13.1 Å². The van der Waals surface area contributed by atoms with Crippen LogP contribution in [0.2, 0.25) is 0 Å². The number of nitrogens with zero attached hydrogens (tertiary/aromatic N) is 2. The van der Waals surface area contributed by atoms with Crippen LogP contribution in [0.4, 0.5) is 0 Å². The maximum Gasteiger partial charge on any atom is 0.326 e. The lowest BCUT2D eigenvalue weighted by molar-refractivity contribution is 0.753. The van der Waals surface area contributed by atoms with Crippen LogP contribution in [0.15, 0.2) is 28.1 Å². The molecule has 1 aromatic heterocycles. The summed E-state index contributed by atoms with van der Waals surface area (Å²) in [6.45, 7) is 5.39. The number of hydrogen-bond acceptors (Lipinski definition) is 3. The predicted octanol–water partition coefficient (Wildman–Crippen LogP) is 1.29. The van der Waals surface area contributed by atoms with Crippen LogP contribution in [-0.4, -0.2) is 22.3 Å². The van der Waals surface area contributed by atoms with Crippen LogP contribution in [0.25, 0.3) is 11.0 Å². The van der Waals surface area contributed by atoms with Crippen molar-refractivity contribution in [3.8, 4) is 0 Å². The van der Waals surface area contributed by atoms with Crippen molar-refractivity contribution in [3.63, 3.8) is 0 Å². The molecular formula is C12H16N4O. The van der Waals surface area contributed by atoms with Gasteiger partial charge in [-0.1, -0.05) is 6.07 Å². The normalized spacial score (nSPS) is 11.4. The summed E-state index contributed by atoms with van der Waals surface area (Å²) >= 11 is 0. The SMILES string of the molecule is CCN/N=C/c1ccc2[nH]c(=O)n(CC)c2c1. The lowest BCUT2D eigenvalue weighted by Crippen LogP contribution is -2.15. The van der Waals surface area contributed by atoms with Crippen molar-refractivity contribution in [2.45, 2.75) is 20.4 Å². The first-order valence-corrected chi connectivity index (χ1v) is 5.74. The number of aryl methyl sites for hydroxylation is 1. The van der Waals surface area contributed by atoms with Gasteiger partial charge in [0.2, 0.25) is 0 Å². The first-order chi connectivity index (χ1) is 8.26. The van der Waals surface area contributed by atoms with Crippen LogP contribution < -0.4 is 11.1 Å². The summed E-state index contributed by atoms with van der Waals surface area (Å²) < 4.78 is 1.71. The van der Waals surface area contributed by atoms with Crippen LogP contribution in [0.3, 0.4) is 0 Å². The van der Waals surface area contributed by atoms with Gasteiger partial charge in [-0.25, -0.2) is 4.79 Å². The second-order valence-corrected chi connectivity index (χ2v) is 3.72. The molecule has 2 aromatic rings. The molecule has 90 valence electrons. The van der Waals surface area contributed by atoms with Gasteiger partial charge in [-0.05, 0) is 31.5 Å². The fraction of sp³-hybridized carbons (Fsp3) is 0.333. The Balaban J connectivity index is 2.45. The van der Waals surface area contributed by atoms with Gasteiger partial charge in [0.15, 0.2) is 0 Å². The van der Waals surface area contributed by atoms with E-state index in [9.17, 15) is 4.79 Å². The molecule has 0 bridgehead atoms. The van der Waals surface area contributed by atoms with E-state index in [4.69, 9.17) is 0 Å². The van der Waals surface area contributed by atoms with E-state index < -0.39 is 0 Å². The molecule has 0 spiro atoms. The van der Waals surface area contributed by atoms with Gasteiger partial charge in [0.25, 0.3) is 0 Å². The zero-order chi connectivity index (χ0) is 12.3. The summed E-state index contributed by atoms with van der Waals surface area (Å²) in [4.78, 5) is 14.4. The molecule has 0 atom stereocenters. The van der Waals surface area contributed by atoms with Crippen LogP contribution in [-0.2, 0) is 6.54 Å². The summed E-state index contributed by atoms with van der Waals surface area (Å²) in [5.74, 6) is 0. The maximum atomic E-state index is 11.6. The highest BCUT2D eigenvalue weighted by Gasteiger charge is 2.04. The number of hydrogen-bond donors (Lipinski definition) is 2. The first-order valence-electron chi connectivity index (χ1n) is 5.74. The molecule has 17 heavy (non-hydrogen) atoms. The molecule has 0 aliphatic rings. The molecule has 0 saturated carbocycles. The largest absolute Gasteiger partial charge is 0.326 e. The summed E-state index contributed by atoms with van der Waals surface area (Å²) in [6, 6.07) is 5.78. The molecule has 0 aliphatic carbocycles. The Morgan fingerprint density at radius 1 is 1.47 bits per heavy atom. The van der Waals surface area contributed by atoms with E-state index >= 15 is 0 Å². The van der Waals surface area contributed by atoms with E-state index in [0.717, 1.165) is 23.1 Å². The molecule has 0 unspecified atom stereocenters. The smallest absolute Gasteiger partial charge is 0.310 e. The molecule has 0 radical (unpaired) electrons. The number of aromatic amines is 1.